The number of ether oxygens (including phenoxy) is 2. The van der Waals surface area contributed by atoms with Gasteiger partial charge in [-0.05, 0) is 29.0 Å². The summed E-state index contributed by atoms with van der Waals surface area (Å²) in [5.74, 6) is 1.19. The van der Waals surface area contributed by atoms with Crippen LogP contribution in [0.25, 0.3) is 0 Å². The van der Waals surface area contributed by atoms with E-state index in [2.05, 4.69) is 25.8 Å². The Labute approximate surface area is 166 Å². The van der Waals surface area contributed by atoms with Crippen molar-refractivity contribution in [1.82, 2.24) is 25.2 Å². The summed E-state index contributed by atoms with van der Waals surface area (Å²) in [6.07, 6.45) is 1.57. The maximum absolute atomic E-state index is 12.2. The van der Waals surface area contributed by atoms with E-state index in [-0.39, 0.29) is 12.5 Å². The summed E-state index contributed by atoms with van der Waals surface area (Å²) in [6.45, 7) is 1.79. The van der Waals surface area contributed by atoms with Gasteiger partial charge in [0.25, 0.3) is 5.91 Å². The highest BCUT2D eigenvalue weighted by atomic mass is 32.2. The van der Waals surface area contributed by atoms with Crippen LogP contribution in [0.1, 0.15) is 11.3 Å². The number of carbonyl (C=O) groups is 1. The maximum atomic E-state index is 12.2. The molecule has 0 fully saturated rings. The summed E-state index contributed by atoms with van der Waals surface area (Å²) in [6, 6.07) is 9.30. The molecular formula is C18H20N6O3S. The van der Waals surface area contributed by atoms with Gasteiger partial charge in [0.15, 0.2) is 18.1 Å². The highest BCUT2D eigenvalue weighted by Gasteiger charge is 2.12. The smallest absolute Gasteiger partial charge is 0.262 e. The largest absolute Gasteiger partial charge is 0.491 e. The van der Waals surface area contributed by atoms with Gasteiger partial charge in [0.05, 0.1) is 19.0 Å². The Kier molecular flexibility index (Phi) is 6.43. The van der Waals surface area contributed by atoms with Crippen LogP contribution in [0, 0.1) is 6.92 Å². The van der Waals surface area contributed by atoms with Gasteiger partial charge in [0, 0.05) is 24.6 Å². The molecule has 0 aliphatic rings. The number of anilines is 1. The molecule has 0 aliphatic heterocycles. The van der Waals surface area contributed by atoms with Crippen LogP contribution in [0.4, 0.5) is 5.69 Å². The number of hydrogen-bond donors (Lipinski definition) is 1. The van der Waals surface area contributed by atoms with E-state index >= 15 is 0 Å². The topological polar surface area (TPSA) is 104 Å². The molecule has 0 spiro atoms. The van der Waals surface area contributed by atoms with Crippen LogP contribution in [0.2, 0.25) is 0 Å². The van der Waals surface area contributed by atoms with Crippen molar-refractivity contribution < 1.29 is 14.3 Å². The molecule has 28 heavy (non-hydrogen) atoms. The number of thioether (sulfide) groups is 1. The molecule has 0 saturated carbocycles. The molecule has 3 rings (SSSR count). The molecule has 0 radical (unpaired) electrons. The molecule has 2 aromatic heterocycles. The predicted molar refractivity (Wildman–Crippen MR) is 104 cm³/mol. The third-order valence-electron chi connectivity index (χ3n) is 3.82. The first-order chi connectivity index (χ1) is 13.6. The number of para-hydroxylation sites is 1. The first kappa shape index (κ1) is 19.6. The zero-order chi connectivity index (χ0) is 19.9. The Morgan fingerprint density at radius 2 is 2.11 bits per heavy atom. The number of aromatic nitrogens is 5. The van der Waals surface area contributed by atoms with Crippen molar-refractivity contribution in [3.05, 3.63) is 47.8 Å². The molecule has 0 bridgehead atoms. The molecule has 3 aromatic rings. The van der Waals surface area contributed by atoms with E-state index in [1.807, 2.05) is 31.2 Å². The van der Waals surface area contributed by atoms with Crippen molar-refractivity contribution in [3.63, 3.8) is 0 Å². The fraction of sp³-hybridized carbons (Fsp3) is 0.278. The van der Waals surface area contributed by atoms with Crippen molar-refractivity contribution >= 4 is 23.4 Å². The van der Waals surface area contributed by atoms with Gasteiger partial charge in [-0.3, -0.25) is 9.78 Å². The van der Waals surface area contributed by atoms with Crippen LogP contribution in [0.5, 0.6) is 11.5 Å². The lowest BCUT2D eigenvalue weighted by molar-refractivity contribution is -0.118. The van der Waals surface area contributed by atoms with Gasteiger partial charge in [-0.1, -0.05) is 30.0 Å². The second-order valence-corrected chi connectivity index (χ2v) is 6.79. The number of benzene rings is 1. The van der Waals surface area contributed by atoms with Gasteiger partial charge in [-0.2, -0.15) is 0 Å². The third kappa shape index (κ3) is 4.97. The molecule has 1 aromatic carbocycles. The molecule has 146 valence electrons. The van der Waals surface area contributed by atoms with Crippen molar-refractivity contribution in [1.29, 1.82) is 0 Å². The van der Waals surface area contributed by atoms with Gasteiger partial charge >= 0.3 is 0 Å². The predicted octanol–water partition coefficient (Wildman–Crippen LogP) is 2.23. The standard InChI is InChI=1S/C18H20N6O3S/c1-12-6-4-5-7-14(12)20-17(25)10-27-15-8-13(19-9-16(15)26-3)11-28-18-21-22-23-24(18)2/h4-9H,10-11H2,1-3H3,(H,20,25). The molecule has 10 heteroatoms. The number of amides is 1. The van der Waals surface area contributed by atoms with Crippen LogP contribution in [0.3, 0.4) is 0 Å². The lowest BCUT2D eigenvalue weighted by Crippen LogP contribution is -2.20. The zero-order valence-corrected chi connectivity index (χ0v) is 16.6. The van der Waals surface area contributed by atoms with Crippen LogP contribution < -0.4 is 14.8 Å². The van der Waals surface area contributed by atoms with Gasteiger partial charge < -0.3 is 14.8 Å². The minimum Gasteiger partial charge on any atom is -0.491 e. The van der Waals surface area contributed by atoms with Crippen molar-refractivity contribution in [2.45, 2.75) is 17.8 Å². The number of aryl methyl sites for hydroxylation is 2. The number of nitrogens with one attached hydrogen (secondary N) is 1. The Morgan fingerprint density at radius 3 is 2.82 bits per heavy atom. The van der Waals surface area contributed by atoms with Gasteiger partial charge in [-0.25, -0.2) is 4.68 Å². The molecule has 2 heterocycles. The summed E-state index contributed by atoms with van der Waals surface area (Å²) in [5, 5.41) is 14.8. The quantitative estimate of drug-likeness (QED) is 0.574. The van der Waals surface area contributed by atoms with Gasteiger partial charge in [-0.15, -0.1) is 5.10 Å². The van der Waals surface area contributed by atoms with E-state index in [4.69, 9.17) is 9.47 Å². The number of rotatable bonds is 8. The third-order valence-corrected chi connectivity index (χ3v) is 4.86. The average Bonchev–Trinajstić information content (AvgIpc) is 3.11. The molecule has 0 unspecified atom stereocenters. The number of tetrazole rings is 1. The summed E-state index contributed by atoms with van der Waals surface area (Å²) in [5.41, 5.74) is 2.49. The minimum atomic E-state index is -0.255. The highest BCUT2D eigenvalue weighted by Crippen LogP contribution is 2.29. The monoisotopic (exact) mass is 400 g/mol. The van der Waals surface area contributed by atoms with Crippen molar-refractivity contribution in [3.8, 4) is 11.5 Å². The number of pyridine rings is 1. The molecule has 1 N–H and O–H groups in total. The average molecular weight is 400 g/mol. The lowest BCUT2D eigenvalue weighted by Gasteiger charge is -2.12. The Bertz CT molecular complexity index is 962. The normalized spacial score (nSPS) is 10.5. The first-order valence-electron chi connectivity index (χ1n) is 8.43. The van der Waals surface area contributed by atoms with E-state index in [9.17, 15) is 4.79 Å². The van der Waals surface area contributed by atoms with Gasteiger partial charge in [0.2, 0.25) is 5.16 Å². The lowest BCUT2D eigenvalue weighted by atomic mass is 10.2. The first-order valence-corrected chi connectivity index (χ1v) is 9.41. The summed E-state index contributed by atoms with van der Waals surface area (Å²) in [4.78, 5) is 16.6. The van der Waals surface area contributed by atoms with E-state index in [0.717, 1.165) is 16.9 Å². The Balaban J connectivity index is 1.62. The molecule has 0 atom stereocenters. The number of methoxy groups -OCH3 is 1. The number of carbonyl (C=O) groups excluding carboxylic acids is 1. The molecule has 1 amide bonds. The second kappa shape index (κ2) is 9.18. The fourth-order valence-electron chi connectivity index (χ4n) is 2.33. The number of nitrogens with zero attached hydrogens (tertiary/aromatic N) is 5. The Morgan fingerprint density at radius 1 is 1.29 bits per heavy atom. The van der Waals surface area contributed by atoms with Crippen LogP contribution >= 0.6 is 11.8 Å². The molecule has 0 aliphatic carbocycles. The highest BCUT2D eigenvalue weighted by molar-refractivity contribution is 7.98. The van der Waals surface area contributed by atoms with Crippen LogP contribution in [0.15, 0.2) is 41.7 Å². The molecular weight excluding hydrogens is 380 g/mol. The molecule has 0 saturated heterocycles. The SMILES string of the molecule is COc1cnc(CSc2nnnn2C)cc1OCC(=O)Nc1ccccc1C. The van der Waals surface area contributed by atoms with Crippen molar-refractivity contribution in [2.75, 3.05) is 19.0 Å². The fourth-order valence-corrected chi connectivity index (χ4v) is 3.09. The number of hydrogen-bond acceptors (Lipinski definition) is 8. The van der Waals surface area contributed by atoms with E-state index in [0.29, 0.717) is 22.4 Å². The summed E-state index contributed by atoms with van der Waals surface area (Å²) in [7, 11) is 3.29. The van der Waals surface area contributed by atoms with E-state index in [1.54, 1.807) is 24.0 Å². The Hall–Kier alpha value is -3.14. The van der Waals surface area contributed by atoms with Crippen LogP contribution in [-0.4, -0.2) is 44.8 Å². The second-order valence-electron chi connectivity index (χ2n) is 5.85. The summed E-state index contributed by atoms with van der Waals surface area (Å²) >= 11 is 1.45. The van der Waals surface area contributed by atoms with Crippen LogP contribution in [-0.2, 0) is 17.6 Å². The van der Waals surface area contributed by atoms with E-state index in [1.165, 1.54) is 18.9 Å². The summed E-state index contributed by atoms with van der Waals surface area (Å²) < 4.78 is 12.5. The molecule has 9 nitrogen and oxygen atoms in total. The van der Waals surface area contributed by atoms with E-state index < -0.39 is 0 Å². The van der Waals surface area contributed by atoms with Gasteiger partial charge in [0.1, 0.15) is 0 Å². The zero-order valence-electron chi connectivity index (χ0n) is 15.7. The van der Waals surface area contributed by atoms with Crippen molar-refractivity contribution in [2.24, 2.45) is 7.05 Å². The maximum Gasteiger partial charge on any atom is 0.262 e. The minimum absolute atomic E-state index is 0.144.